The van der Waals surface area contributed by atoms with E-state index >= 15 is 0 Å². The fraction of sp³-hybridized carbons (Fsp3) is 0.379. The molecule has 3 aromatic carbocycles. The Balaban J connectivity index is 1.44. The van der Waals surface area contributed by atoms with Gasteiger partial charge in [-0.3, -0.25) is 0 Å². The quantitative estimate of drug-likeness (QED) is 0.377. The van der Waals surface area contributed by atoms with E-state index in [1.54, 1.807) is 16.4 Å². The fourth-order valence-electron chi connectivity index (χ4n) is 6.81. The van der Waals surface area contributed by atoms with Crippen molar-refractivity contribution in [3.05, 3.63) is 96.1 Å². The number of rotatable bonds is 4. The monoisotopic (exact) mass is 446 g/mol. The summed E-state index contributed by atoms with van der Waals surface area (Å²) in [6.07, 6.45) is 8.56. The highest BCUT2D eigenvalue weighted by Gasteiger charge is 2.49. The van der Waals surface area contributed by atoms with Crippen LogP contribution in [0.2, 0.25) is 11.6 Å². The summed E-state index contributed by atoms with van der Waals surface area (Å²) in [7, 11) is -1.88. The van der Waals surface area contributed by atoms with Gasteiger partial charge in [0.15, 0.2) is 11.6 Å². The first-order chi connectivity index (χ1) is 15.7. The average Bonchev–Trinajstić information content (AvgIpc) is 2.87. The van der Waals surface area contributed by atoms with Crippen LogP contribution in [-0.2, 0) is 0 Å². The van der Waals surface area contributed by atoms with Crippen molar-refractivity contribution in [3.8, 4) is 0 Å². The van der Waals surface area contributed by atoms with Crippen LogP contribution >= 0.6 is 0 Å². The molecule has 1 aliphatic carbocycles. The van der Waals surface area contributed by atoms with Crippen molar-refractivity contribution in [3.63, 3.8) is 0 Å². The first kappa shape index (κ1) is 21.6. The predicted octanol–water partition coefficient (Wildman–Crippen LogP) is 7.06. The molecule has 1 saturated heterocycles. The van der Waals surface area contributed by atoms with Gasteiger partial charge in [0.2, 0.25) is 0 Å². The molecule has 0 aromatic heterocycles. The van der Waals surface area contributed by atoms with E-state index in [9.17, 15) is 8.78 Å². The average molecular weight is 447 g/mol. The van der Waals surface area contributed by atoms with Crippen LogP contribution < -0.4 is 10.4 Å². The minimum atomic E-state index is -1.88. The molecule has 3 heteroatoms. The Morgan fingerprint density at radius 2 is 1.25 bits per heavy atom. The zero-order chi connectivity index (χ0) is 22.0. The summed E-state index contributed by atoms with van der Waals surface area (Å²) in [5.41, 5.74) is 1.73. The minimum Gasteiger partial charge on any atom is -0.204 e. The largest absolute Gasteiger partial charge is 0.204 e. The molecule has 0 radical (unpaired) electrons. The Morgan fingerprint density at radius 3 is 1.84 bits per heavy atom. The lowest BCUT2D eigenvalue weighted by molar-refractivity contribution is 0.293. The van der Waals surface area contributed by atoms with Crippen LogP contribution in [0.15, 0.2) is 78.9 Å². The molecule has 2 fully saturated rings. The van der Waals surface area contributed by atoms with Crippen molar-refractivity contribution < 1.29 is 8.78 Å². The maximum absolute atomic E-state index is 13.8. The topological polar surface area (TPSA) is 0 Å². The van der Waals surface area contributed by atoms with Crippen molar-refractivity contribution in [2.24, 2.45) is 5.92 Å². The van der Waals surface area contributed by atoms with E-state index in [2.05, 4.69) is 60.7 Å². The highest BCUT2D eigenvalue weighted by molar-refractivity contribution is 7.03. The number of hydrogen-bond donors (Lipinski definition) is 0. The third-order valence-electron chi connectivity index (χ3n) is 8.30. The Morgan fingerprint density at radius 1 is 0.625 bits per heavy atom. The van der Waals surface area contributed by atoms with Crippen molar-refractivity contribution in [1.82, 2.24) is 0 Å². The third kappa shape index (κ3) is 3.96. The Hall–Kier alpha value is -2.26. The lowest BCUT2D eigenvalue weighted by Gasteiger charge is -2.48. The van der Waals surface area contributed by atoms with Gasteiger partial charge in [-0.25, -0.2) is 8.78 Å². The normalized spacial score (nSPS) is 25.4. The van der Waals surface area contributed by atoms with Gasteiger partial charge >= 0.3 is 0 Å². The maximum Gasteiger partial charge on any atom is 0.159 e. The molecule has 1 aliphatic heterocycles. The van der Waals surface area contributed by atoms with Crippen LogP contribution in [0.1, 0.15) is 56.4 Å². The first-order valence-corrected chi connectivity index (χ1v) is 14.5. The Bertz CT molecular complexity index is 986. The molecular formula is C29H32F2Si. The molecule has 0 spiro atoms. The van der Waals surface area contributed by atoms with Gasteiger partial charge in [-0.05, 0) is 66.8 Å². The fourth-order valence-corrected chi connectivity index (χ4v) is 13.2. The second-order valence-corrected chi connectivity index (χ2v) is 14.2. The zero-order valence-corrected chi connectivity index (χ0v) is 19.7. The van der Waals surface area contributed by atoms with E-state index < -0.39 is 19.7 Å². The van der Waals surface area contributed by atoms with E-state index in [-0.39, 0.29) is 0 Å². The van der Waals surface area contributed by atoms with Gasteiger partial charge in [0.05, 0.1) is 0 Å². The lowest BCUT2D eigenvalue weighted by Crippen LogP contribution is -2.64. The molecule has 5 rings (SSSR count). The summed E-state index contributed by atoms with van der Waals surface area (Å²) in [6.45, 7) is 0. The van der Waals surface area contributed by atoms with Crippen LogP contribution in [0.5, 0.6) is 0 Å². The number of hydrogen-bond acceptors (Lipinski definition) is 0. The maximum atomic E-state index is 13.8. The molecule has 2 aliphatic rings. The first-order valence-electron chi connectivity index (χ1n) is 12.2. The van der Waals surface area contributed by atoms with Crippen LogP contribution in [0.25, 0.3) is 0 Å². The predicted molar refractivity (Wildman–Crippen MR) is 131 cm³/mol. The lowest BCUT2D eigenvalue weighted by atomic mass is 9.76. The van der Waals surface area contributed by atoms with Gasteiger partial charge in [-0.1, -0.05) is 96.4 Å². The van der Waals surface area contributed by atoms with Crippen molar-refractivity contribution in [2.45, 2.75) is 62.4 Å². The van der Waals surface area contributed by atoms with E-state index in [0.29, 0.717) is 5.92 Å². The van der Waals surface area contributed by atoms with Crippen LogP contribution in [-0.4, -0.2) is 8.07 Å². The molecular weight excluding hydrogens is 414 g/mol. The standard InChI is InChI=1S/C29H32F2Si/c30-27-19-18-24(21-28(27)31)22-14-16-23(17-15-22)29-13-7-8-20-32(29,25-9-3-1-4-10-25)26-11-5-2-6-12-26/h1-6,9-12,18-19,21-23,29H,7-8,13-17,20H2. The van der Waals surface area contributed by atoms with Crippen molar-refractivity contribution in [2.75, 3.05) is 0 Å². The molecule has 0 amide bonds. The van der Waals surface area contributed by atoms with Gasteiger partial charge in [-0.15, -0.1) is 0 Å². The molecule has 1 atom stereocenters. The summed E-state index contributed by atoms with van der Waals surface area (Å²) < 4.78 is 27.2. The number of benzene rings is 3. The Labute approximate surface area is 191 Å². The van der Waals surface area contributed by atoms with Crippen molar-refractivity contribution >= 4 is 18.4 Å². The molecule has 0 N–H and O–H groups in total. The Kier molecular flexibility index (Phi) is 6.28. The van der Waals surface area contributed by atoms with E-state index in [1.807, 2.05) is 0 Å². The van der Waals surface area contributed by atoms with Gasteiger partial charge < -0.3 is 0 Å². The highest BCUT2D eigenvalue weighted by Crippen LogP contribution is 2.49. The van der Waals surface area contributed by atoms with Crippen LogP contribution in [0, 0.1) is 17.6 Å². The van der Waals surface area contributed by atoms with Gasteiger partial charge in [0.1, 0.15) is 8.07 Å². The SMILES string of the molecule is Fc1ccc(C2CCC(C3CCCC[Si]3(c3ccccc3)c3ccccc3)CC2)cc1F. The molecule has 1 heterocycles. The molecule has 1 saturated carbocycles. The summed E-state index contributed by atoms with van der Waals surface area (Å²) >= 11 is 0. The summed E-state index contributed by atoms with van der Waals surface area (Å²) in [6, 6.07) is 28.6. The minimum absolute atomic E-state index is 0.356. The molecule has 166 valence electrons. The highest BCUT2D eigenvalue weighted by atomic mass is 28.3. The van der Waals surface area contributed by atoms with Gasteiger partial charge in [0.25, 0.3) is 0 Å². The molecule has 32 heavy (non-hydrogen) atoms. The second kappa shape index (κ2) is 9.31. The van der Waals surface area contributed by atoms with Gasteiger partial charge in [-0.2, -0.15) is 0 Å². The number of halogens is 2. The summed E-state index contributed by atoms with van der Waals surface area (Å²) in [5, 5.41) is 3.19. The summed E-state index contributed by atoms with van der Waals surface area (Å²) in [4.78, 5) is 0. The van der Waals surface area contributed by atoms with Crippen molar-refractivity contribution in [1.29, 1.82) is 0 Å². The van der Waals surface area contributed by atoms with Crippen LogP contribution in [0.4, 0.5) is 8.78 Å². The molecule has 1 unspecified atom stereocenters. The molecule has 3 aromatic rings. The molecule has 0 bridgehead atoms. The summed E-state index contributed by atoms with van der Waals surface area (Å²) in [5.74, 6) is -0.374. The van der Waals surface area contributed by atoms with E-state index in [1.165, 1.54) is 50.3 Å². The smallest absolute Gasteiger partial charge is 0.159 e. The van der Waals surface area contributed by atoms with Gasteiger partial charge in [0, 0.05) is 0 Å². The third-order valence-corrected chi connectivity index (χ3v) is 14.2. The van der Waals surface area contributed by atoms with E-state index in [4.69, 9.17) is 0 Å². The van der Waals surface area contributed by atoms with E-state index in [0.717, 1.165) is 29.9 Å². The van der Waals surface area contributed by atoms with Crippen LogP contribution in [0.3, 0.4) is 0 Å². The second-order valence-electron chi connectivity index (χ2n) is 9.84. The molecule has 0 nitrogen and oxygen atoms in total. The zero-order valence-electron chi connectivity index (χ0n) is 18.7.